The summed E-state index contributed by atoms with van der Waals surface area (Å²) in [6, 6.07) is 12.1. The third-order valence-electron chi connectivity index (χ3n) is 4.71. The first kappa shape index (κ1) is 16.7. The molecule has 2 N–H and O–H groups in total. The van der Waals surface area contributed by atoms with Gasteiger partial charge in [0, 0.05) is 32.9 Å². The van der Waals surface area contributed by atoms with Crippen LogP contribution >= 0.6 is 0 Å². The average molecular weight is 327 g/mol. The summed E-state index contributed by atoms with van der Waals surface area (Å²) >= 11 is 0. The predicted molar refractivity (Wildman–Crippen MR) is 93.8 cm³/mol. The lowest BCUT2D eigenvalue weighted by molar-refractivity contribution is 0.0168. The standard InChI is InChI=1S/C19H25N3O2/c1-15-8-10-20-17(15)18(23)21(2)13-19(24)9-11-22(14-19)12-16-6-4-3-5-7-16/h3-8,10,20,24H,9,11-14H2,1-2H3. The molecular weight excluding hydrogens is 302 g/mol. The number of nitrogens with zero attached hydrogens (tertiary/aromatic N) is 2. The van der Waals surface area contributed by atoms with E-state index < -0.39 is 5.60 Å². The van der Waals surface area contributed by atoms with Gasteiger partial charge < -0.3 is 15.0 Å². The molecule has 0 radical (unpaired) electrons. The molecule has 5 nitrogen and oxygen atoms in total. The van der Waals surface area contributed by atoms with Gasteiger partial charge in [-0.2, -0.15) is 0 Å². The number of carbonyl (C=O) groups excluding carboxylic acids is 1. The van der Waals surface area contributed by atoms with Crippen LogP contribution < -0.4 is 0 Å². The minimum atomic E-state index is -0.848. The van der Waals surface area contributed by atoms with E-state index in [1.54, 1.807) is 18.1 Å². The predicted octanol–water partition coefficient (Wildman–Crippen LogP) is 2.03. The van der Waals surface area contributed by atoms with Gasteiger partial charge in [-0.05, 0) is 30.5 Å². The number of aliphatic hydroxyl groups is 1. The molecule has 1 saturated heterocycles. The Bertz CT molecular complexity index is 698. The van der Waals surface area contributed by atoms with Gasteiger partial charge in [-0.3, -0.25) is 9.69 Å². The van der Waals surface area contributed by atoms with Crippen molar-refractivity contribution in [2.24, 2.45) is 0 Å². The molecule has 1 unspecified atom stereocenters. The van der Waals surface area contributed by atoms with Crippen molar-refractivity contribution in [1.29, 1.82) is 0 Å². The fourth-order valence-electron chi connectivity index (χ4n) is 3.43. The monoisotopic (exact) mass is 327 g/mol. The molecule has 2 aromatic rings. The number of benzene rings is 1. The lowest BCUT2D eigenvalue weighted by Crippen LogP contribution is -2.45. The normalized spacial score (nSPS) is 21.1. The summed E-state index contributed by atoms with van der Waals surface area (Å²) < 4.78 is 0. The second-order valence-corrected chi connectivity index (χ2v) is 6.87. The van der Waals surface area contributed by atoms with Gasteiger partial charge in [-0.15, -0.1) is 0 Å². The van der Waals surface area contributed by atoms with Gasteiger partial charge in [0.15, 0.2) is 0 Å². The molecule has 1 fully saturated rings. The van der Waals surface area contributed by atoms with Crippen molar-refractivity contribution in [2.75, 3.05) is 26.7 Å². The van der Waals surface area contributed by atoms with Crippen LogP contribution in [0.1, 0.15) is 28.0 Å². The van der Waals surface area contributed by atoms with Crippen molar-refractivity contribution in [3.05, 3.63) is 59.4 Å². The van der Waals surface area contributed by atoms with Crippen molar-refractivity contribution >= 4 is 5.91 Å². The number of H-pyrrole nitrogens is 1. The minimum absolute atomic E-state index is 0.0764. The summed E-state index contributed by atoms with van der Waals surface area (Å²) in [6.07, 6.45) is 2.45. The van der Waals surface area contributed by atoms with E-state index in [-0.39, 0.29) is 5.91 Å². The average Bonchev–Trinajstić information content (AvgIpc) is 3.13. The van der Waals surface area contributed by atoms with Crippen molar-refractivity contribution in [3.8, 4) is 0 Å². The third kappa shape index (κ3) is 3.68. The number of aromatic amines is 1. The first-order valence-electron chi connectivity index (χ1n) is 8.35. The van der Waals surface area contributed by atoms with Crippen LogP contribution in [0.2, 0.25) is 0 Å². The zero-order chi connectivity index (χ0) is 17.2. The lowest BCUT2D eigenvalue weighted by atomic mass is 10.0. The highest BCUT2D eigenvalue weighted by Crippen LogP contribution is 2.24. The number of carbonyl (C=O) groups is 1. The Morgan fingerprint density at radius 1 is 1.33 bits per heavy atom. The van der Waals surface area contributed by atoms with Gasteiger partial charge in [-0.1, -0.05) is 30.3 Å². The third-order valence-corrected chi connectivity index (χ3v) is 4.71. The number of rotatable bonds is 5. The molecule has 0 bridgehead atoms. The number of hydrogen-bond donors (Lipinski definition) is 2. The van der Waals surface area contributed by atoms with Gasteiger partial charge in [-0.25, -0.2) is 0 Å². The Labute approximate surface area is 142 Å². The molecule has 1 aliphatic rings. The van der Waals surface area contributed by atoms with Crippen LogP contribution in [-0.2, 0) is 6.54 Å². The highest BCUT2D eigenvalue weighted by molar-refractivity contribution is 5.93. The smallest absolute Gasteiger partial charge is 0.270 e. The Balaban J connectivity index is 1.59. The first-order chi connectivity index (χ1) is 11.5. The quantitative estimate of drug-likeness (QED) is 0.883. The van der Waals surface area contributed by atoms with E-state index in [2.05, 4.69) is 22.0 Å². The minimum Gasteiger partial charge on any atom is -0.387 e. The van der Waals surface area contributed by atoms with Crippen molar-refractivity contribution in [2.45, 2.75) is 25.5 Å². The maximum Gasteiger partial charge on any atom is 0.270 e. The fourth-order valence-corrected chi connectivity index (χ4v) is 3.43. The van der Waals surface area contributed by atoms with Crippen molar-refractivity contribution < 1.29 is 9.90 Å². The van der Waals surface area contributed by atoms with Gasteiger partial charge in [0.05, 0.1) is 12.1 Å². The molecule has 1 aliphatic heterocycles. The molecule has 0 spiro atoms. The maximum absolute atomic E-state index is 12.5. The summed E-state index contributed by atoms with van der Waals surface area (Å²) in [6.45, 7) is 4.51. The molecule has 5 heteroatoms. The number of hydrogen-bond acceptors (Lipinski definition) is 3. The summed E-state index contributed by atoms with van der Waals surface area (Å²) in [5.41, 5.74) is 1.92. The summed E-state index contributed by atoms with van der Waals surface area (Å²) in [5, 5.41) is 10.9. The second-order valence-electron chi connectivity index (χ2n) is 6.87. The van der Waals surface area contributed by atoms with Gasteiger partial charge in [0.1, 0.15) is 5.69 Å². The van der Waals surface area contributed by atoms with Gasteiger partial charge in [0.2, 0.25) is 0 Å². The first-order valence-corrected chi connectivity index (χ1v) is 8.35. The van der Waals surface area contributed by atoms with Crippen LogP contribution in [0, 0.1) is 6.92 Å². The molecule has 128 valence electrons. The largest absolute Gasteiger partial charge is 0.387 e. The fraction of sp³-hybridized carbons (Fsp3) is 0.421. The SMILES string of the molecule is Cc1cc[nH]c1C(=O)N(C)CC1(O)CCN(Cc2ccccc2)C1. The molecule has 0 saturated carbocycles. The zero-order valence-corrected chi connectivity index (χ0v) is 14.3. The molecular formula is C19H25N3O2. The highest BCUT2D eigenvalue weighted by atomic mass is 16.3. The lowest BCUT2D eigenvalue weighted by Gasteiger charge is -2.29. The topological polar surface area (TPSA) is 59.6 Å². The number of likely N-dealkylation sites (tertiary alicyclic amines) is 1. The van der Waals surface area contributed by atoms with Gasteiger partial charge in [0.25, 0.3) is 5.91 Å². The molecule has 1 aromatic heterocycles. The molecule has 3 rings (SSSR count). The van der Waals surface area contributed by atoms with E-state index in [0.717, 1.165) is 18.7 Å². The van der Waals surface area contributed by atoms with Crippen LogP contribution in [-0.4, -0.2) is 58.1 Å². The summed E-state index contributed by atoms with van der Waals surface area (Å²) in [4.78, 5) is 19.3. The second kappa shape index (κ2) is 6.79. The Kier molecular flexibility index (Phi) is 4.73. The van der Waals surface area contributed by atoms with Crippen LogP contribution in [0.25, 0.3) is 0 Å². The van der Waals surface area contributed by atoms with Crippen LogP contribution in [0.5, 0.6) is 0 Å². The highest BCUT2D eigenvalue weighted by Gasteiger charge is 2.38. The molecule has 1 aromatic carbocycles. The van der Waals surface area contributed by atoms with Crippen molar-refractivity contribution in [1.82, 2.24) is 14.8 Å². The van der Waals surface area contributed by atoms with Crippen LogP contribution in [0.4, 0.5) is 0 Å². The Morgan fingerprint density at radius 3 is 2.75 bits per heavy atom. The van der Waals surface area contributed by atoms with Crippen LogP contribution in [0.3, 0.4) is 0 Å². The summed E-state index contributed by atoms with van der Waals surface area (Å²) in [5.74, 6) is -0.0764. The Morgan fingerprint density at radius 2 is 2.08 bits per heavy atom. The Hall–Kier alpha value is -2.11. The molecule has 24 heavy (non-hydrogen) atoms. The van der Waals surface area contributed by atoms with E-state index in [9.17, 15) is 9.90 Å². The van der Waals surface area contributed by atoms with E-state index in [1.165, 1.54) is 5.56 Å². The van der Waals surface area contributed by atoms with E-state index >= 15 is 0 Å². The number of likely N-dealkylation sites (N-methyl/N-ethyl adjacent to an activating group) is 1. The van der Waals surface area contributed by atoms with Crippen LogP contribution in [0.15, 0.2) is 42.6 Å². The zero-order valence-electron chi connectivity index (χ0n) is 14.3. The maximum atomic E-state index is 12.5. The van der Waals surface area contributed by atoms with Gasteiger partial charge >= 0.3 is 0 Å². The van der Waals surface area contributed by atoms with Crippen molar-refractivity contribution in [3.63, 3.8) is 0 Å². The molecule has 2 heterocycles. The molecule has 1 amide bonds. The number of amides is 1. The number of aryl methyl sites for hydroxylation is 1. The summed E-state index contributed by atoms with van der Waals surface area (Å²) in [7, 11) is 1.75. The van der Waals surface area contributed by atoms with E-state index in [0.29, 0.717) is 25.2 Å². The number of aromatic nitrogens is 1. The number of β-amino-alcohol motifs (C(OH)–C–C–N with tert-alkyl or cyclic N) is 1. The number of nitrogens with one attached hydrogen (secondary N) is 1. The van der Waals surface area contributed by atoms with E-state index in [4.69, 9.17) is 0 Å². The van der Waals surface area contributed by atoms with E-state index in [1.807, 2.05) is 31.2 Å². The molecule has 0 aliphatic carbocycles. The molecule has 1 atom stereocenters.